The highest BCUT2D eigenvalue weighted by Gasteiger charge is 2.49. The van der Waals surface area contributed by atoms with Crippen molar-refractivity contribution in [2.24, 2.45) is 5.41 Å². The lowest BCUT2D eigenvalue weighted by atomic mass is 9.59. The zero-order valence-electron chi connectivity index (χ0n) is 23.1. The molecule has 0 radical (unpaired) electrons. The number of nitrogens with one attached hydrogen (secondary N) is 1. The van der Waals surface area contributed by atoms with Crippen LogP contribution in [-0.4, -0.2) is 25.0 Å². The number of likely N-dealkylation sites (tertiary alicyclic amines) is 1. The Kier molecular flexibility index (Phi) is 6.92. The quantitative estimate of drug-likeness (QED) is 0.335. The summed E-state index contributed by atoms with van der Waals surface area (Å²) in [6.45, 7) is 11.3. The zero-order valence-corrected chi connectivity index (χ0v) is 24.0. The smallest absolute Gasteiger partial charge is 0.0502 e. The topological polar surface area (TPSA) is 15.3 Å². The van der Waals surface area contributed by atoms with E-state index in [-0.39, 0.29) is 6.04 Å². The molecule has 3 aromatic rings. The van der Waals surface area contributed by atoms with Gasteiger partial charge in [-0.25, -0.2) is 0 Å². The Labute approximate surface area is 232 Å². The van der Waals surface area contributed by atoms with E-state index in [0.29, 0.717) is 5.41 Å². The van der Waals surface area contributed by atoms with Crippen LogP contribution in [0.1, 0.15) is 84.2 Å². The van der Waals surface area contributed by atoms with Crippen molar-refractivity contribution in [1.29, 1.82) is 0 Å². The van der Waals surface area contributed by atoms with Crippen molar-refractivity contribution >= 4 is 28.2 Å². The molecule has 1 aromatic heterocycles. The Morgan fingerprint density at radius 3 is 2.32 bits per heavy atom. The maximum absolute atomic E-state index is 4.38. The number of nitrogens with zero attached hydrogens (tertiary/aromatic N) is 1. The van der Waals surface area contributed by atoms with Crippen LogP contribution in [0.3, 0.4) is 0 Å². The first-order valence-electron chi connectivity index (χ1n) is 14.2. The van der Waals surface area contributed by atoms with Gasteiger partial charge >= 0.3 is 0 Å². The third kappa shape index (κ3) is 5.07. The summed E-state index contributed by atoms with van der Waals surface area (Å²) in [6.07, 6.45) is 9.95. The van der Waals surface area contributed by atoms with Gasteiger partial charge in [0.2, 0.25) is 0 Å². The van der Waals surface area contributed by atoms with E-state index in [4.69, 9.17) is 0 Å². The molecule has 6 rings (SSSR count). The van der Waals surface area contributed by atoms with Gasteiger partial charge in [-0.3, -0.25) is 0 Å². The molecule has 3 heteroatoms. The van der Waals surface area contributed by atoms with Gasteiger partial charge in [-0.15, -0.1) is 11.3 Å². The average Bonchev–Trinajstić information content (AvgIpc) is 3.39. The minimum absolute atomic E-state index is 0.198. The number of hydrogen-bond acceptors (Lipinski definition) is 3. The molecule has 196 valence electrons. The van der Waals surface area contributed by atoms with Crippen molar-refractivity contribution in [1.82, 2.24) is 10.2 Å². The molecule has 2 nitrogen and oxygen atoms in total. The highest BCUT2D eigenvalue weighted by Crippen LogP contribution is 2.54. The number of aryl methyl sites for hydroxylation is 1. The van der Waals surface area contributed by atoms with E-state index in [1.54, 1.807) is 16.9 Å². The molecule has 1 saturated carbocycles. The first-order valence-corrected chi connectivity index (χ1v) is 15.1. The Balaban J connectivity index is 1.18. The predicted octanol–water partition coefficient (Wildman–Crippen LogP) is 8.86. The zero-order chi connectivity index (χ0) is 26.3. The number of benzene rings is 2. The van der Waals surface area contributed by atoms with Gasteiger partial charge in [0, 0.05) is 30.2 Å². The Bertz CT molecular complexity index is 1370. The molecule has 1 unspecified atom stereocenters. The summed E-state index contributed by atoms with van der Waals surface area (Å²) in [5.41, 5.74) is 12.8. The third-order valence-corrected chi connectivity index (χ3v) is 9.72. The Morgan fingerprint density at radius 2 is 1.68 bits per heavy atom. The molecule has 38 heavy (non-hydrogen) atoms. The molecule has 1 atom stereocenters. The van der Waals surface area contributed by atoms with Crippen LogP contribution in [0, 0.1) is 12.3 Å². The second kappa shape index (κ2) is 10.4. The second-order valence-electron chi connectivity index (χ2n) is 12.0. The van der Waals surface area contributed by atoms with Crippen LogP contribution in [0.4, 0.5) is 0 Å². The van der Waals surface area contributed by atoms with Gasteiger partial charge in [-0.2, -0.15) is 0 Å². The van der Waals surface area contributed by atoms with Crippen molar-refractivity contribution in [3.05, 3.63) is 111 Å². The monoisotopic (exact) mass is 520 g/mol. The largest absolute Gasteiger partial charge is 0.378 e. The summed E-state index contributed by atoms with van der Waals surface area (Å²) in [6, 6.07) is 20.9. The van der Waals surface area contributed by atoms with Crippen LogP contribution in [0.5, 0.6) is 0 Å². The number of hydrogen-bond donors (Lipinski definition) is 1. The molecule has 1 N–H and O–H groups in total. The summed E-state index contributed by atoms with van der Waals surface area (Å²) in [7, 11) is 2.24. The van der Waals surface area contributed by atoms with Crippen LogP contribution in [-0.2, 0) is 0 Å². The highest BCUT2D eigenvalue weighted by atomic mass is 32.1. The van der Waals surface area contributed by atoms with E-state index in [1.165, 1.54) is 95.5 Å². The van der Waals surface area contributed by atoms with Crippen molar-refractivity contribution in [2.45, 2.75) is 58.4 Å². The van der Waals surface area contributed by atoms with E-state index in [0.717, 1.165) is 5.70 Å². The molecular weight excluding hydrogens is 480 g/mol. The van der Waals surface area contributed by atoms with Crippen molar-refractivity contribution < 1.29 is 0 Å². The van der Waals surface area contributed by atoms with Gasteiger partial charge in [-0.1, -0.05) is 72.3 Å². The molecule has 2 aromatic carbocycles. The fraction of sp³-hybridized carbons (Fsp3) is 0.371. The lowest BCUT2D eigenvalue weighted by Crippen LogP contribution is -2.58. The Hall–Kier alpha value is -2.88. The van der Waals surface area contributed by atoms with E-state index in [2.05, 4.69) is 104 Å². The summed E-state index contributed by atoms with van der Waals surface area (Å²) in [5.74, 6) is 0. The van der Waals surface area contributed by atoms with Crippen LogP contribution in [0.25, 0.3) is 16.8 Å². The summed E-state index contributed by atoms with van der Waals surface area (Å²) in [5, 5.41) is 5.97. The van der Waals surface area contributed by atoms with Gasteiger partial charge in [-0.05, 0) is 104 Å². The predicted molar refractivity (Wildman–Crippen MR) is 164 cm³/mol. The Morgan fingerprint density at radius 1 is 1.00 bits per heavy atom. The molecule has 2 aliphatic carbocycles. The molecule has 2 heterocycles. The minimum Gasteiger partial charge on any atom is -0.378 e. The SMILES string of the molecule is C=C(NC(C)c1ccc(C(=C2CC3(C2)CN(C)C3)c2ccc(C)cc2)cc1)c1cc(C2=CCCCC2)cs1. The van der Waals surface area contributed by atoms with E-state index in [9.17, 15) is 0 Å². The maximum Gasteiger partial charge on any atom is 0.0502 e. The van der Waals surface area contributed by atoms with E-state index in [1.807, 2.05) is 0 Å². The van der Waals surface area contributed by atoms with Gasteiger partial charge in [0.25, 0.3) is 0 Å². The lowest BCUT2D eigenvalue weighted by molar-refractivity contribution is -0.0106. The second-order valence-corrected chi connectivity index (χ2v) is 12.9. The fourth-order valence-corrected chi connectivity index (χ4v) is 7.63. The normalized spacial score (nSPS) is 19.3. The number of rotatable bonds is 7. The summed E-state index contributed by atoms with van der Waals surface area (Å²) in [4.78, 5) is 3.69. The molecule has 0 bridgehead atoms. The van der Waals surface area contributed by atoms with Gasteiger partial charge < -0.3 is 10.2 Å². The van der Waals surface area contributed by atoms with Crippen molar-refractivity contribution in [2.75, 3.05) is 20.1 Å². The van der Waals surface area contributed by atoms with E-state index < -0.39 is 0 Å². The average molecular weight is 521 g/mol. The van der Waals surface area contributed by atoms with Crippen LogP contribution < -0.4 is 5.32 Å². The molecule has 1 aliphatic heterocycles. The van der Waals surface area contributed by atoms with Crippen molar-refractivity contribution in [3.8, 4) is 0 Å². The van der Waals surface area contributed by atoms with Gasteiger partial charge in [0.15, 0.2) is 0 Å². The standard InChI is InChI=1S/C35H40N2S/c1-24-10-12-29(13-11-24)34(32-19-35(20-32)22-37(4)23-35)30-16-14-27(15-17-30)25(2)36-26(3)33-18-31(21-38-33)28-8-6-5-7-9-28/h8,10-18,21,25,36H,3,5-7,9,19-20,22-23H2,1-2,4H3. The van der Waals surface area contributed by atoms with Crippen molar-refractivity contribution in [3.63, 3.8) is 0 Å². The number of allylic oxidation sites excluding steroid dienone is 3. The maximum atomic E-state index is 4.38. The summed E-state index contributed by atoms with van der Waals surface area (Å²) >= 11 is 1.80. The van der Waals surface area contributed by atoms with Gasteiger partial charge in [0.05, 0.1) is 4.88 Å². The molecule has 0 amide bonds. The molecule has 3 aliphatic rings. The molecule has 1 saturated heterocycles. The third-order valence-electron chi connectivity index (χ3n) is 8.73. The van der Waals surface area contributed by atoms with Crippen LogP contribution in [0.2, 0.25) is 0 Å². The van der Waals surface area contributed by atoms with E-state index >= 15 is 0 Å². The molecule has 1 spiro atoms. The number of thiophene rings is 1. The first-order chi connectivity index (χ1) is 18.4. The highest BCUT2D eigenvalue weighted by molar-refractivity contribution is 7.11. The summed E-state index contributed by atoms with van der Waals surface area (Å²) < 4.78 is 0. The lowest BCUT2D eigenvalue weighted by Gasteiger charge is -2.56. The molecule has 2 fully saturated rings. The molecular formula is C35H40N2S. The van der Waals surface area contributed by atoms with Crippen LogP contribution >= 0.6 is 11.3 Å². The first kappa shape index (κ1) is 25.4. The van der Waals surface area contributed by atoms with Gasteiger partial charge in [0.1, 0.15) is 0 Å². The minimum atomic E-state index is 0.198. The van der Waals surface area contributed by atoms with Crippen LogP contribution in [0.15, 0.2) is 78.2 Å². The fourth-order valence-electron chi connectivity index (χ4n) is 6.77.